The van der Waals surface area contributed by atoms with Crippen molar-refractivity contribution in [1.29, 1.82) is 0 Å². The number of benzene rings is 1. The van der Waals surface area contributed by atoms with E-state index in [2.05, 4.69) is 13.8 Å². The molecule has 126 valence electrons. The van der Waals surface area contributed by atoms with E-state index in [1.54, 1.807) is 19.1 Å². The van der Waals surface area contributed by atoms with Crippen molar-refractivity contribution >= 4 is 11.8 Å². The number of hydrogen-bond donors (Lipinski definition) is 1. The Morgan fingerprint density at radius 1 is 0.840 bits per heavy atom. The highest BCUT2D eigenvalue weighted by molar-refractivity contribution is 6.18. The molecule has 0 aliphatic heterocycles. The van der Waals surface area contributed by atoms with Gasteiger partial charge in [0, 0.05) is 11.1 Å². The van der Waals surface area contributed by atoms with Crippen LogP contribution < -0.4 is 0 Å². The molecule has 1 N–H and O–H groups in total. The topological polar surface area (TPSA) is 54.4 Å². The molecule has 0 spiro atoms. The van der Waals surface area contributed by atoms with Crippen LogP contribution in [0.1, 0.15) is 57.2 Å². The first-order chi connectivity index (χ1) is 11.9. The van der Waals surface area contributed by atoms with Gasteiger partial charge in [-0.2, -0.15) is 0 Å². The number of hydrogen-bond acceptors (Lipinski definition) is 2. The number of fused-ring (bicyclic) bond motifs is 1. The third kappa shape index (κ3) is 2.93. The van der Waals surface area contributed by atoms with Crippen LogP contribution in [0.5, 0.6) is 0 Å². The minimum atomic E-state index is -1.01. The van der Waals surface area contributed by atoms with Crippen LogP contribution >= 0.6 is 0 Å². The number of aromatic carboxylic acids is 1. The Kier molecular flexibility index (Phi) is 4.41. The Hall–Kier alpha value is -2.94. The summed E-state index contributed by atoms with van der Waals surface area (Å²) in [6, 6.07) is 16.6. The molecule has 0 heterocycles. The molecule has 3 rings (SSSR count). The van der Waals surface area contributed by atoms with Crippen LogP contribution in [0.15, 0.2) is 54.6 Å². The van der Waals surface area contributed by atoms with Crippen LogP contribution in [0.2, 0.25) is 0 Å². The average Bonchev–Trinajstić information content (AvgIpc) is 2.72. The molecule has 1 aromatic rings. The van der Waals surface area contributed by atoms with Crippen LogP contribution in [0.25, 0.3) is 11.1 Å². The van der Waals surface area contributed by atoms with Gasteiger partial charge < -0.3 is 5.11 Å². The third-order valence-corrected chi connectivity index (χ3v) is 4.61. The van der Waals surface area contributed by atoms with E-state index in [4.69, 9.17) is 0 Å². The molecule has 0 unspecified atom stereocenters. The molecule has 0 fully saturated rings. The molecule has 3 heteroatoms. The summed E-state index contributed by atoms with van der Waals surface area (Å²) in [5, 5.41) is 9.68. The normalized spacial score (nSPS) is 11.0. The zero-order chi connectivity index (χ0) is 18.1. The van der Waals surface area contributed by atoms with Crippen LogP contribution in [0.4, 0.5) is 0 Å². The predicted molar refractivity (Wildman–Crippen MR) is 98.7 cm³/mol. The van der Waals surface area contributed by atoms with Gasteiger partial charge in [-0.3, -0.25) is 4.79 Å². The summed E-state index contributed by atoms with van der Waals surface area (Å²) >= 11 is 0. The van der Waals surface area contributed by atoms with Crippen molar-refractivity contribution in [2.45, 2.75) is 26.7 Å². The SMILES string of the molecule is Cc1c(C(=O)O)c2ccc(C(C)C)ccc-2c1C(=O)c1ccccc1. The molecule has 25 heavy (non-hydrogen) atoms. The Bertz CT molecular complexity index is 924. The third-order valence-electron chi connectivity index (χ3n) is 4.61. The monoisotopic (exact) mass is 332 g/mol. The number of ketones is 1. The van der Waals surface area contributed by atoms with E-state index in [1.165, 1.54) is 0 Å². The Morgan fingerprint density at radius 2 is 1.40 bits per heavy atom. The summed E-state index contributed by atoms with van der Waals surface area (Å²) < 4.78 is 0. The number of carboxylic acid groups (broad SMARTS) is 1. The van der Waals surface area contributed by atoms with Crippen LogP contribution in [-0.4, -0.2) is 16.9 Å². The summed E-state index contributed by atoms with van der Waals surface area (Å²) in [5.41, 5.74) is 4.17. The van der Waals surface area contributed by atoms with E-state index in [9.17, 15) is 14.7 Å². The number of rotatable bonds is 4. The highest BCUT2D eigenvalue weighted by Gasteiger charge is 2.28. The maximum absolute atomic E-state index is 13.0. The number of carbonyl (C=O) groups excluding carboxylic acids is 1. The standard InChI is InChI=1S/C22H20O3/c1-13(2)15-9-11-17-18(12-10-15)20(22(24)25)14(3)19(17)21(23)16-7-5-4-6-8-16/h4-13H,1-3H3,(H,24,25). The van der Waals surface area contributed by atoms with Crippen LogP contribution in [0, 0.1) is 6.92 Å². The van der Waals surface area contributed by atoms with E-state index in [0.717, 1.165) is 5.56 Å². The fourth-order valence-corrected chi connectivity index (χ4v) is 3.25. The second-order valence-electron chi connectivity index (χ2n) is 6.52. The molecule has 0 radical (unpaired) electrons. The van der Waals surface area contributed by atoms with Gasteiger partial charge >= 0.3 is 5.97 Å². The zero-order valence-corrected chi connectivity index (χ0v) is 14.5. The molecule has 0 saturated carbocycles. The maximum atomic E-state index is 13.0. The van der Waals surface area contributed by atoms with Crippen molar-refractivity contribution in [2.75, 3.05) is 0 Å². The minimum absolute atomic E-state index is 0.145. The average molecular weight is 332 g/mol. The molecule has 0 saturated heterocycles. The largest absolute Gasteiger partial charge is 0.478 e. The van der Waals surface area contributed by atoms with E-state index in [1.807, 2.05) is 42.5 Å². The number of carboxylic acids is 1. The van der Waals surface area contributed by atoms with Gasteiger partial charge in [0.05, 0.1) is 5.56 Å². The Labute approximate surface area is 147 Å². The molecule has 0 atom stereocenters. The second-order valence-corrected chi connectivity index (χ2v) is 6.52. The van der Waals surface area contributed by atoms with Crippen molar-refractivity contribution in [1.82, 2.24) is 0 Å². The van der Waals surface area contributed by atoms with Crippen LogP contribution in [0.3, 0.4) is 0 Å². The molecule has 3 nitrogen and oxygen atoms in total. The smallest absolute Gasteiger partial charge is 0.336 e. The molecular weight excluding hydrogens is 312 g/mol. The van der Waals surface area contributed by atoms with Crippen molar-refractivity contribution in [3.8, 4) is 11.1 Å². The molecule has 0 amide bonds. The first kappa shape index (κ1) is 16.9. The van der Waals surface area contributed by atoms with Gasteiger partial charge in [0.2, 0.25) is 0 Å². The van der Waals surface area contributed by atoms with E-state index >= 15 is 0 Å². The molecule has 1 aromatic carbocycles. The number of carbonyl (C=O) groups is 2. The van der Waals surface area contributed by atoms with Gasteiger partial charge in [-0.25, -0.2) is 4.79 Å². The summed E-state index contributed by atoms with van der Waals surface area (Å²) in [7, 11) is 0. The first-order valence-electron chi connectivity index (χ1n) is 8.31. The van der Waals surface area contributed by atoms with Crippen molar-refractivity contribution in [3.05, 3.63) is 82.4 Å². The van der Waals surface area contributed by atoms with Gasteiger partial charge in [-0.05, 0) is 35.1 Å². The lowest BCUT2D eigenvalue weighted by Gasteiger charge is -2.03. The fourth-order valence-electron chi connectivity index (χ4n) is 3.25. The van der Waals surface area contributed by atoms with Gasteiger partial charge in [-0.15, -0.1) is 0 Å². The summed E-state index contributed by atoms with van der Waals surface area (Å²) in [6.45, 7) is 5.88. The molecule has 0 bridgehead atoms. The lowest BCUT2D eigenvalue weighted by molar-refractivity contribution is 0.0697. The Balaban J connectivity index is 2.30. The van der Waals surface area contributed by atoms with Gasteiger partial charge in [0.1, 0.15) is 0 Å². The second kappa shape index (κ2) is 6.52. The van der Waals surface area contributed by atoms with Gasteiger partial charge in [-0.1, -0.05) is 68.4 Å². The molecule has 2 aliphatic carbocycles. The first-order valence-corrected chi connectivity index (χ1v) is 8.31. The Morgan fingerprint density at radius 3 is 1.92 bits per heavy atom. The van der Waals surface area contributed by atoms with Crippen LogP contribution in [-0.2, 0) is 0 Å². The van der Waals surface area contributed by atoms with Crippen molar-refractivity contribution in [3.63, 3.8) is 0 Å². The highest BCUT2D eigenvalue weighted by atomic mass is 16.4. The lowest BCUT2D eigenvalue weighted by atomic mass is 9.99. The maximum Gasteiger partial charge on any atom is 0.336 e. The van der Waals surface area contributed by atoms with Gasteiger partial charge in [0.15, 0.2) is 5.78 Å². The highest BCUT2D eigenvalue weighted by Crippen LogP contribution is 2.38. The summed E-state index contributed by atoms with van der Waals surface area (Å²) in [5.74, 6) is -0.834. The fraction of sp³-hybridized carbons (Fsp3) is 0.182. The van der Waals surface area contributed by atoms with E-state index in [0.29, 0.717) is 33.7 Å². The van der Waals surface area contributed by atoms with Crippen molar-refractivity contribution < 1.29 is 14.7 Å². The molecular formula is C22H20O3. The molecule has 0 aromatic heterocycles. The van der Waals surface area contributed by atoms with Gasteiger partial charge in [0.25, 0.3) is 0 Å². The quantitative estimate of drug-likeness (QED) is 0.672. The lowest BCUT2D eigenvalue weighted by Crippen LogP contribution is -2.03. The summed E-state index contributed by atoms with van der Waals surface area (Å²) in [4.78, 5) is 24.9. The van der Waals surface area contributed by atoms with E-state index in [-0.39, 0.29) is 11.3 Å². The van der Waals surface area contributed by atoms with Crippen molar-refractivity contribution in [2.24, 2.45) is 0 Å². The predicted octanol–water partition coefficient (Wildman–Crippen LogP) is 5.15. The summed E-state index contributed by atoms with van der Waals surface area (Å²) in [6.07, 6.45) is 0. The minimum Gasteiger partial charge on any atom is -0.478 e. The molecule has 2 aliphatic rings. The zero-order valence-electron chi connectivity index (χ0n) is 14.5. The van der Waals surface area contributed by atoms with E-state index < -0.39 is 5.97 Å².